The Morgan fingerprint density at radius 3 is 2.73 bits per heavy atom. The Morgan fingerprint density at radius 2 is 2.09 bits per heavy atom. The standard InChI is InChI=1S/C13H18N4O4S/c1-8(21-22(2,19)20)11-15-12-10(13(18)16-11)7-14-17(12)9-5-3-4-6-9/h7-9H,3-6H2,1-2H3,(H,15,16,18)/t8-/m0/s1. The first kappa shape index (κ1) is 15.2. The van der Waals surface area contributed by atoms with Crippen LogP contribution in [0.5, 0.6) is 0 Å². The van der Waals surface area contributed by atoms with Gasteiger partial charge in [-0.05, 0) is 19.8 Å². The van der Waals surface area contributed by atoms with Gasteiger partial charge < -0.3 is 4.98 Å². The van der Waals surface area contributed by atoms with Crippen molar-refractivity contribution in [3.05, 3.63) is 22.4 Å². The first-order valence-corrected chi connectivity index (χ1v) is 9.02. The Bertz CT molecular complexity index is 849. The van der Waals surface area contributed by atoms with Crippen molar-refractivity contribution in [2.24, 2.45) is 0 Å². The van der Waals surface area contributed by atoms with Crippen LogP contribution in [0.15, 0.2) is 11.0 Å². The van der Waals surface area contributed by atoms with Gasteiger partial charge in [-0.25, -0.2) is 9.67 Å². The molecule has 0 unspecified atom stereocenters. The number of nitrogens with zero attached hydrogens (tertiary/aromatic N) is 3. The van der Waals surface area contributed by atoms with Crippen molar-refractivity contribution in [3.63, 3.8) is 0 Å². The average Bonchev–Trinajstić information content (AvgIpc) is 3.04. The van der Waals surface area contributed by atoms with Crippen molar-refractivity contribution >= 4 is 21.2 Å². The highest BCUT2D eigenvalue weighted by Gasteiger charge is 2.23. The van der Waals surface area contributed by atoms with Crippen LogP contribution >= 0.6 is 0 Å². The first-order chi connectivity index (χ1) is 10.3. The van der Waals surface area contributed by atoms with Crippen molar-refractivity contribution in [1.29, 1.82) is 0 Å². The van der Waals surface area contributed by atoms with E-state index < -0.39 is 16.2 Å². The van der Waals surface area contributed by atoms with Crippen LogP contribution in [-0.2, 0) is 14.3 Å². The summed E-state index contributed by atoms with van der Waals surface area (Å²) >= 11 is 0. The van der Waals surface area contributed by atoms with E-state index in [9.17, 15) is 13.2 Å². The molecule has 0 aliphatic heterocycles. The Kier molecular flexibility index (Phi) is 3.77. The molecule has 8 nitrogen and oxygen atoms in total. The SMILES string of the molecule is C[C@H](OS(C)(=O)=O)c1nc2c(cnn2C2CCCC2)c(=O)[nH]1. The molecule has 9 heteroatoms. The second kappa shape index (κ2) is 5.47. The van der Waals surface area contributed by atoms with Crippen LogP contribution in [0, 0.1) is 0 Å². The van der Waals surface area contributed by atoms with Gasteiger partial charge in [0.1, 0.15) is 17.3 Å². The monoisotopic (exact) mass is 326 g/mol. The van der Waals surface area contributed by atoms with Crippen LogP contribution in [0.2, 0.25) is 0 Å². The third kappa shape index (κ3) is 2.91. The van der Waals surface area contributed by atoms with Crippen LogP contribution in [0.3, 0.4) is 0 Å². The summed E-state index contributed by atoms with van der Waals surface area (Å²) in [6.45, 7) is 1.53. The lowest BCUT2D eigenvalue weighted by Gasteiger charge is -2.13. The molecule has 3 rings (SSSR count). The Hall–Kier alpha value is -1.74. The molecular weight excluding hydrogens is 308 g/mol. The zero-order valence-electron chi connectivity index (χ0n) is 12.4. The second-order valence-electron chi connectivity index (χ2n) is 5.66. The highest BCUT2D eigenvalue weighted by atomic mass is 32.2. The minimum atomic E-state index is -3.63. The van der Waals surface area contributed by atoms with Crippen molar-refractivity contribution < 1.29 is 12.6 Å². The summed E-state index contributed by atoms with van der Waals surface area (Å²) in [5.41, 5.74) is 0.141. The molecule has 0 radical (unpaired) electrons. The summed E-state index contributed by atoms with van der Waals surface area (Å²) in [6.07, 6.45) is 5.89. The first-order valence-electron chi connectivity index (χ1n) is 7.21. The molecule has 0 spiro atoms. The van der Waals surface area contributed by atoms with Crippen molar-refractivity contribution in [3.8, 4) is 0 Å². The fraction of sp³-hybridized carbons (Fsp3) is 0.615. The summed E-state index contributed by atoms with van der Waals surface area (Å²) in [6, 6.07) is 0.241. The molecule has 1 aliphatic rings. The quantitative estimate of drug-likeness (QED) is 0.848. The number of nitrogens with one attached hydrogen (secondary N) is 1. The molecule has 0 aromatic carbocycles. The van der Waals surface area contributed by atoms with Gasteiger partial charge in [-0.3, -0.25) is 8.98 Å². The Morgan fingerprint density at radius 1 is 1.41 bits per heavy atom. The van der Waals surface area contributed by atoms with E-state index in [1.165, 1.54) is 13.1 Å². The number of fused-ring (bicyclic) bond motifs is 1. The zero-order chi connectivity index (χ0) is 15.9. The molecule has 1 N–H and O–H groups in total. The van der Waals surface area contributed by atoms with E-state index in [1.54, 1.807) is 4.68 Å². The van der Waals surface area contributed by atoms with Crippen LogP contribution in [-0.4, -0.2) is 34.4 Å². The summed E-state index contributed by atoms with van der Waals surface area (Å²) in [5, 5.41) is 4.69. The molecule has 1 aliphatic carbocycles. The number of aromatic amines is 1. The average molecular weight is 326 g/mol. The van der Waals surface area contributed by atoms with E-state index in [2.05, 4.69) is 15.1 Å². The normalized spacial score (nSPS) is 18.1. The van der Waals surface area contributed by atoms with Crippen LogP contribution in [0.1, 0.15) is 50.6 Å². The third-order valence-electron chi connectivity index (χ3n) is 3.86. The molecule has 1 fully saturated rings. The van der Waals surface area contributed by atoms with E-state index >= 15 is 0 Å². The third-order valence-corrected chi connectivity index (χ3v) is 4.49. The molecule has 120 valence electrons. The maximum Gasteiger partial charge on any atom is 0.265 e. The molecule has 2 aromatic heterocycles. The van der Waals surface area contributed by atoms with Gasteiger partial charge in [0, 0.05) is 0 Å². The van der Waals surface area contributed by atoms with E-state index in [0.29, 0.717) is 11.0 Å². The molecule has 1 atom stereocenters. The summed E-state index contributed by atoms with van der Waals surface area (Å²) in [7, 11) is -3.63. The van der Waals surface area contributed by atoms with Crippen molar-refractivity contribution in [2.45, 2.75) is 44.8 Å². The van der Waals surface area contributed by atoms with Gasteiger partial charge in [0.05, 0.1) is 18.5 Å². The fourth-order valence-electron chi connectivity index (χ4n) is 2.87. The van der Waals surface area contributed by atoms with Crippen molar-refractivity contribution in [1.82, 2.24) is 19.7 Å². The van der Waals surface area contributed by atoms with Crippen LogP contribution < -0.4 is 5.56 Å². The van der Waals surface area contributed by atoms with E-state index in [1.807, 2.05) is 0 Å². The second-order valence-corrected chi connectivity index (χ2v) is 7.26. The zero-order valence-corrected chi connectivity index (χ0v) is 13.3. The number of hydrogen-bond acceptors (Lipinski definition) is 6. The summed E-state index contributed by atoms with van der Waals surface area (Å²) < 4.78 is 29.1. The lowest BCUT2D eigenvalue weighted by molar-refractivity contribution is 0.226. The van der Waals surface area contributed by atoms with E-state index in [4.69, 9.17) is 4.18 Å². The number of hydrogen-bond donors (Lipinski definition) is 1. The minimum Gasteiger partial charge on any atom is -0.308 e. The Balaban J connectivity index is 2.06. The predicted molar refractivity (Wildman–Crippen MR) is 80.0 cm³/mol. The highest BCUT2D eigenvalue weighted by molar-refractivity contribution is 7.86. The maximum atomic E-state index is 12.1. The summed E-state index contributed by atoms with van der Waals surface area (Å²) in [4.78, 5) is 19.1. The molecular formula is C13H18N4O4S. The molecule has 22 heavy (non-hydrogen) atoms. The molecule has 0 bridgehead atoms. The number of H-pyrrole nitrogens is 1. The van der Waals surface area contributed by atoms with Gasteiger partial charge in [-0.15, -0.1) is 0 Å². The minimum absolute atomic E-state index is 0.183. The molecule has 0 saturated heterocycles. The topological polar surface area (TPSA) is 107 Å². The van der Waals surface area contributed by atoms with Gasteiger partial charge in [0.15, 0.2) is 5.65 Å². The largest absolute Gasteiger partial charge is 0.308 e. The van der Waals surface area contributed by atoms with Crippen molar-refractivity contribution in [2.75, 3.05) is 6.26 Å². The number of rotatable bonds is 4. The van der Waals surface area contributed by atoms with Gasteiger partial charge in [-0.2, -0.15) is 13.5 Å². The number of aromatic nitrogens is 4. The van der Waals surface area contributed by atoms with Crippen LogP contribution in [0.4, 0.5) is 0 Å². The van der Waals surface area contributed by atoms with Crippen LogP contribution in [0.25, 0.3) is 11.0 Å². The fourth-order valence-corrected chi connectivity index (χ4v) is 3.48. The predicted octanol–water partition coefficient (Wildman–Crippen LogP) is 1.27. The van der Waals surface area contributed by atoms with Gasteiger partial charge in [0.2, 0.25) is 0 Å². The van der Waals surface area contributed by atoms with Gasteiger partial charge in [-0.1, -0.05) is 12.8 Å². The van der Waals surface area contributed by atoms with Gasteiger partial charge >= 0.3 is 0 Å². The molecule has 2 heterocycles. The lowest BCUT2D eigenvalue weighted by atomic mass is 10.2. The summed E-state index contributed by atoms with van der Waals surface area (Å²) in [5.74, 6) is 0.183. The van der Waals surface area contributed by atoms with E-state index in [-0.39, 0.29) is 17.4 Å². The highest BCUT2D eigenvalue weighted by Crippen LogP contribution is 2.30. The lowest BCUT2D eigenvalue weighted by Crippen LogP contribution is -2.18. The maximum absolute atomic E-state index is 12.1. The molecule has 1 saturated carbocycles. The van der Waals surface area contributed by atoms with Gasteiger partial charge in [0.25, 0.3) is 15.7 Å². The molecule has 0 amide bonds. The Labute approximate surface area is 127 Å². The van der Waals surface area contributed by atoms with E-state index in [0.717, 1.165) is 31.9 Å². The smallest absolute Gasteiger partial charge is 0.265 e. The molecule has 2 aromatic rings.